The normalized spacial score (nSPS) is 39.8. The van der Waals surface area contributed by atoms with Crippen molar-refractivity contribution in [1.29, 1.82) is 0 Å². The Labute approximate surface area is 66.1 Å². The van der Waals surface area contributed by atoms with Crippen molar-refractivity contribution in [2.45, 2.75) is 25.2 Å². The standard InChI is InChI=1S/C7H15NO3/c1-2-8-3-6(10)7(11)5(8)4-9/h5-7,9-11H,2-4H2,1H3. The molecule has 4 nitrogen and oxygen atoms in total. The highest BCUT2D eigenvalue weighted by Crippen LogP contribution is 2.17. The van der Waals surface area contributed by atoms with Crippen LogP contribution in [0.1, 0.15) is 6.92 Å². The Bertz CT molecular complexity index is 131. The third-order valence-electron chi connectivity index (χ3n) is 2.27. The maximum Gasteiger partial charge on any atom is 0.0988 e. The molecule has 4 heteroatoms. The lowest BCUT2D eigenvalue weighted by atomic mass is 10.1. The predicted molar refractivity (Wildman–Crippen MR) is 40.1 cm³/mol. The van der Waals surface area contributed by atoms with Gasteiger partial charge in [0.2, 0.25) is 0 Å². The van der Waals surface area contributed by atoms with Gasteiger partial charge in [-0.25, -0.2) is 0 Å². The van der Waals surface area contributed by atoms with Crippen molar-refractivity contribution in [1.82, 2.24) is 4.90 Å². The number of hydrogen-bond acceptors (Lipinski definition) is 4. The van der Waals surface area contributed by atoms with Crippen LogP contribution in [0, 0.1) is 0 Å². The van der Waals surface area contributed by atoms with Gasteiger partial charge in [0, 0.05) is 6.54 Å². The van der Waals surface area contributed by atoms with Crippen LogP contribution in [-0.2, 0) is 0 Å². The SMILES string of the molecule is CCN1CC(O)C(O)C1CO. The molecule has 3 unspecified atom stereocenters. The van der Waals surface area contributed by atoms with Gasteiger partial charge in [-0.15, -0.1) is 0 Å². The van der Waals surface area contributed by atoms with E-state index in [0.29, 0.717) is 6.54 Å². The van der Waals surface area contributed by atoms with Gasteiger partial charge < -0.3 is 15.3 Å². The second-order valence-corrected chi connectivity index (χ2v) is 2.90. The van der Waals surface area contributed by atoms with Gasteiger partial charge in [-0.2, -0.15) is 0 Å². The van der Waals surface area contributed by atoms with Gasteiger partial charge in [0.15, 0.2) is 0 Å². The Morgan fingerprint density at radius 2 is 2.09 bits per heavy atom. The highest BCUT2D eigenvalue weighted by Gasteiger charge is 2.38. The second-order valence-electron chi connectivity index (χ2n) is 2.90. The average Bonchev–Trinajstić information content (AvgIpc) is 2.28. The molecule has 0 bridgehead atoms. The lowest BCUT2D eigenvalue weighted by molar-refractivity contribution is 0.0222. The fourth-order valence-electron chi connectivity index (χ4n) is 1.54. The predicted octanol–water partition coefficient (Wildman–Crippen LogP) is -1.60. The Morgan fingerprint density at radius 1 is 1.45 bits per heavy atom. The van der Waals surface area contributed by atoms with Crippen molar-refractivity contribution >= 4 is 0 Å². The fourth-order valence-corrected chi connectivity index (χ4v) is 1.54. The van der Waals surface area contributed by atoms with Crippen LogP contribution in [0.3, 0.4) is 0 Å². The van der Waals surface area contributed by atoms with Gasteiger partial charge in [0.1, 0.15) is 0 Å². The van der Waals surface area contributed by atoms with E-state index in [2.05, 4.69) is 0 Å². The van der Waals surface area contributed by atoms with Crippen molar-refractivity contribution < 1.29 is 15.3 Å². The third kappa shape index (κ3) is 1.54. The molecule has 1 saturated heterocycles. The highest BCUT2D eigenvalue weighted by atomic mass is 16.3. The van der Waals surface area contributed by atoms with E-state index in [1.807, 2.05) is 11.8 Å². The second kappa shape index (κ2) is 3.49. The Hall–Kier alpha value is -0.160. The minimum Gasteiger partial charge on any atom is -0.395 e. The van der Waals surface area contributed by atoms with Crippen molar-refractivity contribution in [2.24, 2.45) is 0 Å². The molecule has 0 radical (unpaired) electrons. The number of rotatable bonds is 2. The van der Waals surface area contributed by atoms with Gasteiger partial charge in [-0.05, 0) is 6.54 Å². The largest absolute Gasteiger partial charge is 0.395 e. The van der Waals surface area contributed by atoms with Crippen LogP contribution in [0.5, 0.6) is 0 Å². The zero-order chi connectivity index (χ0) is 8.43. The molecule has 3 atom stereocenters. The summed E-state index contributed by atoms with van der Waals surface area (Å²) in [6, 6.07) is -0.282. The van der Waals surface area contributed by atoms with Crippen LogP contribution in [0.15, 0.2) is 0 Å². The van der Waals surface area contributed by atoms with Crippen molar-refractivity contribution in [3.8, 4) is 0 Å². The van der Waals surface area contributed by atoms with E-state index in [1.54, 1.807) is 0 Å². The fraction of sp³-hybridized carbons (Fsp3) is 1.00. The minimum absolute atomic E-state index is 0.0912. The monoisotopic (exact) mass is 161 g/mol. The Kier molecular flexibility index (Phi) is 2.84. The molecular formula is C7H15NO3. The van der Waals surface area contributed by atoms with Crippen LogP contribution in [-0.4, -0.2) is 58.2 Å². The first-order chi connectivity index (χ1) is 5.20. The van der Waals surface area contributed by atoms with E-state index in [4.69, 9.17) is 5.11 Å². The summed E-state index contributed by atoms with van der Waals surface area (Å²) >= 11 is 0. The van der Waals surface area contributed by atoms with Gasteiger partial charge >= 0.3 is 0 Å². The van der Waals surface area contributed by atoms with Crippen LogP contribution >= 0.6 is 0 Å². The molecule has 1 fully saturated rings. The summed E-state index contributed by atoms with van der Waals surface area (Å²) in [4.78, 5) is 1.87. The van der Waals surface area contributed by atoms with Crippen molar-refractivity contribution in [2.75, 3.05) is 19.7 Å². The maximum absolute atomic E-state index is 9.31. The molecule has 0 saturated carbocycles. The number of aliphatic hydroxyl groups excluding tert-OH is 3. The highest BCUT2D eigenvalue weighted by molar-refractivity contribution is 4.92. The van der Waals surface area contributed by atoms with E-state index in [-0.39, 0.29) is 12.6 Å². The summed E-state index contributed by atoms with van der Waals surface area (Å²) in [7, 11) is 0. The van der Waals surface area contributed by atoms with E-state index in [1.165, 1.54) is 0 Å². The molecular weight excluding hydrogens is 146 g/mol. The first kappa shape index (κ1) is 8.93. The van der Waals surface area contributed by atoms with E-state index in [9.17, 15) is 10.2 Å². The Morgan fingerprint density at radius 3 is 2.45 bits per heavy atom. The van der Waals surface area contributed by atoms with E-state index in [0.717, 1.165) is 6.54 Å². The van der Waals surface area contributed by atoms with Crippen LogP contribution < -0.4 is 0 Å². The zero-order valence-corrected chi connectivity index (χ0v) is 6.64. The summed E-state index contributed by atoms with van der Waals surface area (Å²) in [6.45, 7) is 3.06. The van der Waals surface area contributed by atoms with Gasteiger partial charge in [0.25, 0.3) is 0 Å². The molecule has 0 spiro atoms. The van der Waals surface area contributed by atoms with Crippen LogP contribution in [0.25, 0.3) is 0 Å². The van der Waals surface area contributed by atoms with E-state index >= 15 is 0 Å². The van der Waals surface area contributed by atoms with Gasteiger partial charge in [-0.3, -0.25) is 4.90 Å². The molecule has 1 heterocycles. The maximum atomic E-state index is 9.31. The zero-order valence-electron chi connectivity index (χ0n) is 6.64. The van der Waals surface area contributed by atoms with Crippen molar-refractivity contribution in [3.63, 3.8) is 0 Å². The molecule has 11 heavy (non-hydrogen) atoms. The molecule has 3 N–H and O–H groups in total. The van der Waals surface area contributed by atoms with E-state index < -0.39 is 12.2 Å². The topological polar surface area (TPSA) is 63.9 Å². The smallest absolute Gasteiger partial charge is 0.0988 e. The molecule has 0 aliphatic carbocycles. The van der Waals surface area contributed by atoms with Gasteiger partial charge in [0.05, 0.1) is 24.9 Å². The minimum atomic E-state index is -0.792. The third-order valence-corrected chi connectivity index (χ3v) is 2.27. The molecule has 0 aromatic rings. The molecule has 66 valence electrons. The number of nitrogens with zero attached hydrogens (tertiary/aromatic N) is 1. The lowest BCUT2D eigenvalue weighted by Gasteiger charge is -2.21. The number of likely N-dealkylation sites (tertiary alicyclic amines) is 1. The molecule has 0 aromatic heterocycles. The summed E-state index contributed by atoms with van der Waals surface area (Å²) in [5.74, 6) is 0. The molecule has 0 aromatic carbocycles. The summed E-state index contributed by atoms with van der Waals surface area (Å²) in [5, 5.41) is 27.3. The van der Waals surface area contributed by atoms with Crippen LogP contribution in [0.4, 0.5) is 0 Å². The van der Waals surface area contributed by atoms with Gasteiger partial charge in [-0.1, -0.05) is 6.92 Å². The number of likely N-dealkylation sites (N-methyl/N-ethyl adjacent to an activating group) is 1. The quantitative estimate of drug-likeness (QED) is 0.456. The molecule has 1 aliphatic heterocycles. The first-order valence-electron chi connectivity index (χ1n) is 3.91. The lowest BCUT2D eigenvalue weighted by Crippen LogP contribution is -2.38. The van der Waals surface area contributed by atoms with Crippen molar-refractivity contribution in [3.05, 3.63) is 0 Å². The first-order valence-corrected chi connectivity index (χ1v) is 3.91. The average molecular weight is 161 g/mol. The molecule has 1 rings (SSSR count). The Balaban J connectivity index is 2.57. The number of hydrogen-bond donors (Lipinski definition) is 3. The summed E-state index contributed by atoms with van der Waals surface area (Å²) < 4.78 is 0. The summed E-state index contributed by atoms with van der Waals surface area (Å²) in [6.07, 6.45) is -1.49. The number of β-amino-alcohol motifs (C(OH)–C–C–N with tert-alkyl or cyclic N) is 1. The molecule has 1 aliphatic rings. The summed E-state index contributed by atoms with van der Waals surface area (Å²) in [5.41, 5.74) is 0. The number of aliphatic hydroxyl groups is 3. The molecule has 0 amide bonds. The van der Waals surface area contributed by atoms with Crippen LogP contribution in [0.2, 0.25) is 0 Å².